The molecule has 31 heavy (non-hydrogen) atoms. The monoisotopic (exact) mass is 431 g/mol. The second kappa shape index (κ2) is 10.1. The minimum absolute atomic E-state index is 0.186. The molecule has 4 rings (SSSR count). The first kappa shape index (κ1) is 22.3. The number of ether oxygens (including phenoxy) is 4. The summed E-state index contributed by atoms with van der Waals surface area (Å²) >= 11 is 0. The van der Waals surface area contributed by atoms with Gasteiger partial charge in [-0.15, -0.1) is 0 Å². The summed E-state index contributed by atoms with van der Waals surface area (Å²) in [6.45, 7) is 2.40. The Balaban J connectivity index is 1.32. The smallest absolute Gasteiger partial charge is 0.311 e. The minimum atomic E-state index is -0.186. The number of carbonyl (C=O) groups is 1. The molecule has 0 radical (unpaired) electrons. The molecule has 0 bridgehead atoms. The summed E-state index contributed by atoms with van der Waals surface area (Å²) in [5, 5.41) is 0. The Bertz CT molecular complexity index is 735. The number of benzene rings is 1. The summed E-state index contributed by atoms with van der Waals surface area (Å²) in [7, 11) is 4.66. The summed E-state index contributed by atoms with van der Waals surface area (Å²) in [5.74, 6) is 3.91. The fourth-order valence-corrected chi connectivity index (χ4v) is 6.05. The van der Waals surface area contributed by atoms with Gasteiger partial charge in [-0.3, -0.25) is 4.79 Å². The molecule has 0 aromatic heterocycles. The van der Waals surface area contributed by atoms with Gasteiger partial charge in [0.1, 0.15) is 5.75 Å². The number of rotatable bonds is 7. The second-order valence-electron chi connectivity index (χ2n) is 9.47. The third-order valence-corrected chi connectivity index (χ3v) is 7.63. The Morgan fingerprint density at radius 2 is 1.65 bits per heavy atom. The van der Waals surface area contributed by atoms with Gasteiger partial charge in [-0.25, -0.2) is 0 Å². The van der Waals surface area contributed by atoms with E-state index in [1.165, 1.54) is 45.1 Å². The Morgan fingerprint density at radius 1 is 0.935 bits per heavy atom. The quantitative estimate of drug-likeness (QED) is 0.461. The van der Waals surface area contributed by atoms with Gasteiger partial charge in [0.15, 0.2) is 11.5 Å². The van der Waals surface area contributed by atoms with E-state index in [1.54, 1.807) is 33.5 Å². The average molecular weight is 432 g/mol. The molecule has 6 heteroatoms. The molecule has 172 valence electrons. The Hall–Kier alpha value is -1.95. The topological polar surface area (TPSA) is 57.2 Å². The number of methoxy groups -OCH3 is 3. The zero-order valence-electron chi connectivity index (χ0n) is 19.2. The highest BCUT2D eigenvalue weighted by Gasteiger charge is 2.40. The van der Waals surface area contributed by atoms with Crippen LogP contribution in [0.4, 0.5) is 0 Å². The highest BCUT2D eigenvalue weighted by molar-refractivity contribution is 5.73. The van der Waals surface area contributed by atoms with E-state index in [4.69, 9.17) is 18.9 Å². The van der Waals surface area contributed by atoms with Crippen molar-refractivity contribution in [3.63, 3.8) is 0 Å². The van der Waals surface area contributed by atoms with Crippen LogP contribution in [0.25, 0.3) is 0 Å². The fraction of sp³-hybridized carbons (Fsp3) is 0.720. The van der Waals surface area contributed by atoms with Gasteiger partial charge in [0, 0.05) is 31.1 Å². The van der Waals surface area contributed by atoms with Crippen molar-refractivity contribution < 1.29 is 23.7 Å². The maximum atomic E-state index is 12.7. The van der Waals surface area contributed by atoms with Gasteiger partial charge in [-0.2, -0.15) is 0 Å². The number of hydrogen-bond donors (Lipinski definition) is 0. The average Bonchev–Trinajstić information content (AvgIpc) is 3.22. The van der Waals surface area contributed by atoms with E-state index in [9.17, 15) is 4.79 Å². The molecule has 3 unspecified atom stereocenters. The van der Waals surface area contributed by atoms with Crippen LogP contribution in [-0.2, 0) is 4.79 Å². The second-order valence-corrected chi connectivity index (χ2v) is 9.47. The maximum absolute atomic E-state index is 12.7. The van der Waals surface area contributed by atoms with Crippen molar-refractivity contribution in [3.05, 3.63) is 12.1 Å². The number of carbonyl (C=O) groups excluding carboxylic acids is 1. The molecule has 3 atom stereocenters. The summed E-state index contributed by atoms with van der Waals surface area (Å²) in [6, 6.07) is 4.00. The first-order chi connectivity index (χ1) is 15.1. The lowest BCUT2D eigenvalue weighted by Crippen LogP contribution is -2.38. The van der Waals surface area contributed by atoms with Crippen LogP contribution >= 0.6 is 0 Å². The zero-order chi connectivity index (χ0) is 21.8. The van der Waals surface area contributed by atoms with Crippen LogP contribution in [0.3, 0.4) is 0 Å². The van der Waals surface area contributed by atoms with Crippen molar-refractivity contribution in [2.45, 2.75) is 63.8 Å². The number of hydrogen-bond acceptors (Lipinski definition) is 6. The van der Waals surface area contributed by atoms with Crippen LogP contribution in [0.15, 0.2) is 12.1 Å². The van der Waals surface area contributed by atoms with Crippen LogP contribution in [0, 0.1) is 17.8 Å². The normalized spacial score (nSPS) is 26.9. The number of esters is 1. The van der Waals surface area contributed by atoms with Crippen LogP contribution in [0.1, 0.15) is 57.8 Å². The Labute approximate surface area is 186 Å². The van der Waals surface area contributed by atoms with Gasteiger partial charge in [-0.05, 0) is 43.6 Å². The summed E-state index contributed by atoms with van der Waals surface area (Å²) < 4.78 is 21.7. The van der Waals surface area contributed by atoms with Crippen LogP contribution in [0.5, 0.6) is 23.0 Å². The minimum Gasteiger partial charge on any atom is -0.493 e. The van der Waals surface area contributed by atoms with Gasteiger partial charge >= 0.3 is 5.97 Å². The fourth-order valence-electron chi connectivity index (χ4n) is 6.05. The number of fused-ring (bicyclic) bond motifs is 1. The van der Waals surface area contributed by atoms with Crippen LogP contribution in [0.2, 0.25) is 0 Å². The molecule has 6 nitrogen and oxygen atoms in total. The summed E-state index contributed by atoms with van der Waals surface area (Å²) in [4.78, 5) is 15.4. The Morgan fingerprint density at radius 3 is 2.29 bits per heavy atom. The Kier molecular flexibility index (Phi) is 7.26. The third-order valence-electron chi connectivity index (χ3n) is 7.63. The third kappa shape index (κ3) is 5.11. The van der Waals surface area contributed by atoms with E-state index in [0.717, 1.165) is 31.2 Å². The van der Waals surface area contributed by atoms with Gasteiger partial charge in [0.05, 0.1) is 21.3 Å². The van der Waals surface area contributed by atoms with E-state index in [2.05, 4.69) is 4.90 Å². The maximum Gasteiger partial charge on any atom is 0.311 e. The van der Waals surface area contributed by atoms with Crippen LogP contribution in [-0.4, -0.2) is 51.3 Å². The molecular weight excluding hydrogens is 394 g/mol. The molecule has 2 aliphatic heterocycles. The standard InChI is InChI=1S/C25H37NO5/c1-28-22-14-21(15-23(29-2)25(22)30-3)31-24(27)12-17-9-10-26-16-19(13-20(26)11-17)18-7-5-4-6-8-18/h14-15,17-20H,4-13,16H2,1-3H3. The van der Waals surface area contributed by atoms with Crippen molar-refractivity contribution in [2.75, 3.05) is 34.4 Å². The highest BCUT2D eigenvalue weighted by Crippen LogP contribution is 2.43. The number of nitrogens with zero attached hydrogens (tertiary/aromatic N) is 1. The summed E-state index contributed by atoms with van der Waals surface area (Å²) in [6.07, 6.45) is 11.1. The molecule has 2 heterocycles. The van der Waals surface area contributed by atoms with Crippen molar-refractivity contribution in [1.29, 1.82) is 0 Å². The van der Waals surface area contributed by atoms with E-state index < -0.39 is 0 Å². The first-order valence-electron chi connectivity index (χ1n) is 11.9. The van der Waals surface area contributed by atoms with Crippen molar-refractivity contribution in [2.24, 2.45) is 17.8 Å². The van der Waals surface area contributed by atoms with E-state index in [-0.39, 0.29) is 5.97 Å². The zero-order valence-corrected chi connectivity index (χ0v) is 19.2. The molecule has 1 aromatic rings. The largest absolute Gasteiger partial charge is 0.493 e. The van der Waals surface area contributed by atoms with Crippen molar-refractivity contribution in [1.82, 2.24) is 4.90 Å². The molecule has 1 aliphatic carbocycles. The van der Waals surface area contributed by atoms with E-state index in [0.29, 0.717) is 41.4 Å². The van der Waals surface area contributed by atoms with Crippen molar-refractivity contribution in [3.8, 4) is 23.0 Å². The number of piperidine rings is 1. The van der Waals surface area contributed by atoms with Gasteiger partial charge in [0.25, 0.3) is 0 Å². The summed E-state index contributed by atoms with van der Waals surface area (Å²) in [5.41, 5.74) is 0. The molecule has 0 spiro atoms. The lowest BCUT2D eigenvalue weighted by atomic mass is 9.78. The molecule has 1 aromatic carbocycles. The van der Waals surface area contributed by atoms with Gasteiger partial charge in [0.2, 0.25) is 5.75 Å². The SMILES string of the molecule is COc1cc(OC(=O)CC2CCN3CC(C4CCCCC4)CC3C2)cc(OC)c1OC. The van der Waals surface area contributed by atoms with Gasteiger partial charge < -0.3 is 23.8 Å². The predicted molar refractivity (Wildman–Crippen MR) is 119 cm³/mol. The molecule has 0 amide bonds. The van der Waals surface area contributed by atoms with E-state index in [1.807, 2.05) is 0 Å². The molecule has 3 fully saturated rings. The predicted octanol–water partition coefficient (Wildman–Crippen LogP) is 4.69. The van der Waals surface area contributed by atoms with Gasteiger partial charge in [-0.1, -0.05) is 32.1 Å². The lowest BCUT2D eigenvalue weighted by molar-refractivity contribution is -0.135. The lowest BCUT2D eigenvalue weighted by Gasteiger charge is -2.34. The molecular formula is C25H37NO5. The first-order valence-corrected chi connectivity index (χ1v) is 11.9. The highest BCUT2D eigenvalue weighted by atomic mass is 16.5. The molecule has 0 N–H and O–H groups in total. The van der Waals surface area contributed by atoms with E-state index >= 15 is 0 Å². The van der Waals surface area contributed by atoms with Crippen molar-refractivity contribution >= 4 is 5.97 Å². The molecule has 3 aliphatic rings. The van der Waals surface area contributed by atoms with Crippen LogP contribution < -0.4 is 18.9 Å². The molecule has 2 saturated heterocycles. The molecule has 1 saturated carbocycles.